The van der Waals surface area contributed by atoms with Crippen molar-refractivity contribution >= 4 is 0 Å². The minimum Gasteiger partial charge on any atom is -0.394 e. The Morgan fingerprint density at radius 1 is 0.542 bits per heavy atom. The topological polar surface area (TPSA) is 338 Å². The molecule has 0 amide bonds. The number of piperidine rings is 1. The van der Waals surface area contributed by atoms with E-state index in [-0.39, 0.29) is 28.8 Å². The van der Waals surface area contributed by atoms with Crippen LogP contribution in [0.4, 0.5) is 0 Å². The van der Waals surface area contributed by atoms with Gasteiger partial charge in [0.2, 0.25) is 0 Å². The zero-order valence-corrected chi connectivity index (χ0v) is 41.8. The lowest BCUT2D eigenvalue weighted by Crippen LogP contribution is -2.68. The van der Waals surface area contributed by atoms with Crippen molar-refractivity contribution in [3.05, 3.63) is 0 Å². The minimum atomic E-state index is -1.99. The van der Waals surface area contributed by atoms with Crippen LogP contribution in [0.5, 0.6) is 0 Å². The third-order valence-electron chi connectivity index (χ3n) is 20.2. The van der Waals surface area contributed by atoms with Crippen LogP contribution >= 0.6 is 0 Å². The van der Waals surface area contributed by atoms with E-state index in [2.05, 4.69) is 33.0 Å². The molecule has 72 heavy (non-hydrogen) atoms. The molecule has 10 aliphatic rings. The summed E-state index contributed by atoms with van der Waals surface area (Å²) in [5, 5.41) is 133. The zero-order valence-electron chi connectivity index (χ0n) is 41.8. The Morgan fingerprint density at radius 2 is 1.17 bits per heavy atom. The quantitative estimate of drug-likeness (QED) is 0.0937. The average molecular weight is 1030 g/mol. The summed E-state index contributed by atoms with van der Waals surface area (Å²) in [6.45, 7) is 7.84. The second kappa shape index (κ2) is 21.1. The molecular weight excluding hydrogens is 951 g/mol. The summed E-state index contributed by atoms with van der Waals surface area (Å²) in [7, 11) is 0. The predicted molar refractivity (Wildman–Crippen MR) is 244 cm³/mol. The molecule has 414 valence electrons. The van der Waals surface area contributed by atoms with E-state index in [0.717, 1.165) is 45.1 Å². The summed E-state index contributed by atoms with van der Waals surface area (Å²) < 4.78 is 55.0. The molecule has 0 aromatic carbocycles. The average Bonchev–Trinajstić information content (AvgIpc) is 3.82. The first-order chi connectivity index (χ1) is 34.3. The highest BCUT2D eigenvalue weighted by Crippen LogP contribution is 2.71. The lowest BCUT2D eigenvalue weighted by Gasteiger charge is -2.61. The van der Waals surface area contributed by atoms with Crippen molar-refractivity contribution in [3.63, 3.8) is 0 Å². The van der Waals surface area contributed by atoms with E-state index >= 15 is 0 Å². The van der Waals surface area contributed by atoms with Gasteiger partial charge in [-0.2, -0.15) is 0 Å². The summed E-state index contributed by atoms with van der Waals surface area (Å²) in [4.78, 5) is 0. The molecular formula is C50H83NO21. The van der Waals surface area contributed by atoms with Gasteiger partial charge in [-0.3, -0.25) is 5.32 Å². The maximum absolute atomic E-state index is 11.8. The lowest BCUT2D eigenvalue weighted by molar-refractivity contribution is -0.404. The van der Waals surface area contributed by atoms with Crippen molar-refractivity contribution < 1.29 is 104 Å². The van der Waals surface area contributed by atoms with Crippen molar-refractivity contribution in [3.8, 4) is 0 Å². The van der Waals surface area contributed by atoms with Crippen LogP contribution in [0.1, 0.15) is 91.9 Å². The third-order valence-corrected chi connectivity index (χ3v) is 20.2. The fraction of sp³-hybridized carbons (Fsp3) is 1.00. The van der Waals surface area contributed by atoms with Gasteiger partial charge in [0.1, 0.15) is 97.3 Å². The molecule has 22 nitrogen and oxygen atoms in total. The van der Waals surface area contributed by atoms with Gasteiger partial charge in [-0.1, -0.05) is 27.7 Å². The van der Waals surface area contributed by atoms with Crippen molar-refractivity contribution in [2.24, 2.45) is 52.3 Å². The number of hydrogen-bond donors (Lipinski definition) is 13. The summed E-state index contributed by atoms with van der Waals surface area (Å²) in [6, 6.07) is 0. The number of nitrogens with one attached hydrogen (secondary N) is 1. The summed E-state index contributed by atoms with van der Waals surface area (Å²) in [6.07, 6.45) is -22.4. The van der Waals surface area contributed by atoms with E-state index in [9.17, 15) is 61.3 Å². The monoisotopic (exact) mass is 1030 g/mol. The number of hydrogen-bond acceptors (Lipinski definition) is 22. The Hall–Kier alpha value is -0.880. The molecule has 10 rings (SSSR count). The lowest BCUT2D eigenvalue weighted by atomic mass is 9.44. The Bertz CT molecular complexity index is 1830. The van der Waals surface area contributed by atoms with Gasteiger partial charge in [0.15, 0.2) is 25.2 Å². The largest absolute Gasteiger partial charge is 0.394 e. The Kier molecular flexibility index (Phi) is 15.9. The van der Waals surface area contributed by atoms with Gasteiger partial charge in [0.25, 0.3) is 0 Å². The van der Waals surface area contributed by atoms with Gasteiger partial charge < -0.3 is 104 Å². The van der Waals surface area contributed by atoms with Gasteiger partial charge in [0.05, 0.1) is 38.6 Å². The predicted octanol–water partition coefficient (Wildman–Crippen LogP) is -2.70. The number of fused-ring (bicyclic) bond motifs is 7. The zero-order chi connectivity index (χ0) is 51.3. The first kappa shape index (κ1) is 54.5. The summed E-state index contributed by atoms with van der Waals surface area (Å²) in [5.74, 6) is 3.87. The molecule has 0 radical (unpaired) electrons. The van der Waals surface area contributed by atoms with Crippen LogP contribution in [0.25, 0.3) is 0 Å². The smallest absolute Gasteiger partial charge is 0.187 e. The number of ether oxygens (including phenoxy) is 9. The number of aliphatic hydroxyl groups excluding tert-OH is 12. The number of aliphatic hydroxyl groups is 12. The van der Waals surface area contributed by atoms with Gasteiger partial charge in [-0.15, -0.1) is 0 Å². The van der Waals surface area contributed by atoms with Gasteiger partial charge in [-0.05, 0) is 111 Å². The van der Waals surface area contributed by atoms with E-state index < -0.39 is 143 Å². The summed E-state index contributed by atoms with van der Waals surface area (Å²) in [5.41, 5.74) is 0.147. The molecule has 0 bridgehead atoms. The van der Waals surface area contributed by atoms with Crippen LogP contribution in [0, 0.1) is 52.3 Å². The first-order valence-corrected chi connectivity index (χ1v) is 26.8. The molecule has 31 atom stereocenters. The molecule has 4 saturated carbocycles. The fourth-order valence-electron chi connectivity index (χ4n) is 16.1. The van der Waals surface area contributed by atoms with E-state index in [0.29, 0.717) is 47.8 Å². The maximum atomic E-state index is 11.8. The highest BCUT2D eigenvalue weighted by molar-refractivity contribution is 5.16. The molecule has 6 heterocycles. The number of rotatable bonds is 11. The van der Waals surface area contributed by atoms with Gasteiger partial charge >= 0.3 is 0 Å². The van der Waals surface area contributed by atoms with Crippen LogP contribution in [0.2, 0.25) is 0 Å². The van der Waals surface area contributed by atoms with E-state index in [1.807, 2.05) is 0 Å². The van der Waals surface area contributed by atoms with Gasteiger partial charge in [0, 0.05) is 12.5 Å². The normalized spacial score (nSPS) is 57.8. The van der Waals surface area contributed by atoms with Crippen molar-refractivity contribution in [1.82, 2.24) is 5.32 Å². The molecule has 4 aliphatic carbocycles. The molecule has 22 heteroatoms. The third kappa shape index (κ3) is 9.26. The molecule has 6 saturated heterocycles. The second-order valence-corrected chi connectivity index (χ2v) is 24.0. The van der Waals surface area contributed by atoms with E-state index in [1.165, 1.54) is 19.3 Å². The molecule has 10 fully saturated rings. The van der Waals surface area contributed by atoms with Crippen LogP contribution < -0.4 is 5.32 Å². The highest BCUT2D eigenvalue weighted by atomic mass is 16.8. The van der Waals surface area contributed by atoms with Crippen LogP contribution in [-0.2, 0) is 42.6 Å². The Balaban J connectivity index is 0.812. The SMILES string of the molecule is C[C@@H]1CC[C@@]2(NC1)O[C@H]1C[C@H]3[C@@H]4CC[C@H]5C[C@H](O[C@@H]6O[C@H](CO)[C@H](O[C@@H]7O[C@H](CO)[C@@H](O)[C@H](O[C@@H]8OC[C@@H](O)[C@H](O)[C@H]8O)[C@H]7O[C@H]7O[C@@H](CO)[C@H](O)[C@@H](O)[C@@H]7O)[C@H](O)[C@H]6O)CC[C@]5(C)[C@H]4CC[C@]3(C)[C@H]1[C@@H]2C. The van der Waals surface area contributed by atoms with Crippen LogP contribution in [-0.4, -0.2) is 229 Å². The van der Waals surface area contributed by atoms with Crippen molar-refractivity contribution in [2.75, 3.05) is 33.0 Å². The fourth-order valence-corrected chi connectivity index (χ4v) is 16.1. The van der Waals surface area contributed by atoms with Crippen LogP contribution in [0.3, 0.4) is 0 Å². The van der Waals surface area contributed by atoms with Gasteiger partial charge in [-0.25, -0.2) is 0 Å². The maximum Gasteiger partial charge on any atom is 0.187 e. The van der Waals surface area contributed by atoms with Crippen LogP contribution in [0.15, 0.2) is 0 Å². The highest BCUT2D eigenvalue weighted by Gasteiger charge is 2.69. The molecule has 0 unspecified atom stereocenters. The Morgan fingerprint density at radius 3 is 1.88 bits per heavy atom. The molecule has 13 N–H and O–H groups in total. The van der Waals surface area contributed by atoms with E-state index in [1.54, 1.807) is 0 Å². The van der Waals surface area contributed by atoms with Crippen molar-refractivity contribution in [1.29, 1.82) is 0 Å². The standard InChI is InChI=1S/C50H83NO21/c1-20-7-12-50(51-15-20)21(2)32-28(72-50)14-26-24-6-5-22-13-23(8-10-48(22,3)25(24)9-11-49(26,32)4)65-45-40(63)37(60)41(31(18-54)68-45)69-47-43(71-46-39(62)36(59)34(57)29(16-52)66-46)42(35(58)30(17-53)67-47)70-44-38(61)33(56)27(55)19-64-44/h20-47,51-63H,5-19H2,1-4H3/t20-,21+,22+,23-,24-,25+,26+,27-,28+,29+,30-,31-,32+,33+,34+,35-,36-,37-,38-,39+,40-,41+,42+,43-,44+,45-,46-,47+,48+,49+,50-/m1/s1. The minimum absolute atomic E-state index is 0.104. The van der Waals surface area contributed by atoms with Crippen molar-refractivity contribution in [2.45, 2.75) is 227 Å². The molecule has 1 spiro atoms. The summed E-state index contributed by atoms with van der Waals surface area (Å²) >= 11 is 0. The molecule has 0 aromatic rings. The first-order valence-electron chi connectivity index (χ1n) is 26.8. The Labute approximate surface area is 420 Å². The van der Waals surface area contributed by atoms with E-state index in [4.69, 9.17) is 42.6 Å². The molecule has 6 aliphatic heterocycles. The molecule has 0 aromatic heterocycles. The second-order valence-electron chi connectivity index (χ2n) is 24.0.